The maximum atomic E-state index is 5.43. The van der Waals surface area contributed by atoms with Crippen molar-refractivity contribution in [2.75, 3.05) is 51.8 Å². The molecule has 0 radical (unpaired) electrons. The van der Waals surface area contributed by atoms with E-state index in [2.05, 4.69) is 41.2 Å². The molecule has 1 aliphatic heterocycles. The van der Waals surface area contributed by atoms with Crippen LogP contribution in [0.1, 0.15) is 6.92 Å². The molecule has 0 amide bonds. The number of methoxy groups -OCH3 is 1. The zero-order chi connectivity index (χ0) is 13.7. The average Bonchev–Trinajstić information content (AvgIpc) is 2.48. The van der Waals surface area contributed by atoms with Gasteiger partial charge in [-0.1, -0.05) is 12.1 Å². The molecule has 0 aliphatic carbocycles. The predicted octanol–water partition coefficient (Wildman–Crippen LogP) is 1.43. The molecule has 1 aliphatic rings. The van der Waals surface area contributed by atoms with E-state index in [1.54, 1.807) is 7.11 Å². The van der Waals surface area contributed by atoms with Crippen molar-refractivity contribution in [3.63, 3.8) is 0 Å². The Labute approximate surface area is 116 Å². The zero-order valence-corrected chi connectivity index (χ0v) is 12.2. The van der Waals surface area contributed by atoms with Crippen LogP contribution in [0.15, 0.2) is 24.3 Å². The summed E-state index contributed by atoms with van der Waals surface area (Å²) in [5.74, 6) is 0.942. The Morgan fingerprint density at radius 2 is 2.00 bits per heavy atom. The third kappa shape index (κ3) is 3.61. The van der Waals surface area contributed by atoms with Crippen LogP contribution in [0, 0.1) is 0 Å². The van der Waals surface area contributed by atoms with Crippen molar-refractivity contribution in [1.82, 2.24) is 10.2 Å². The Kier molecular flexibility index (Phi) is 5.05. The molecule has 1 heterocycles. The summed E-state index contributed by atoms with van der Waals surface area (Å²) in [5.41, 5.74) is 1.16. The Hall–Kier alpha value is -1.26. The molecule has 4 nitrogen and oxygen atoms in total. The van der Waals surface area contributed by atoms with Crippen LogP contribution in [0.2, 0.25) is 0 Å². The molecule has 0 spiro atoms. The Morgan fingerprint density at radius 1 is 1.32 bits per heavy atom. The van der Waals surface area contributed by atoms with Crippen LogP contribution in [-0.4, -0.2) is 57.8 Å². The van der Waals surface area contributed by atoms with Gasteiger partial charge in [-0.2, -0.15) is 0 Å². The van der Waals surface area contributed by atoms with E-state index >= 15 is 0 Å². The van der Waals surface area contributed by atoms with Gasteiger partial charge in [-0.3, -0.25) is 4.90 Å². The quantitative estimate of drug-likeness (QED) is 0.869. The van der Waals surface area contributed by atoms with E-state index in [4.69, 9.17) is 4.74 Å². The second-order valence-corrected chi connectivity index (χ2v) is 5.19. The van der Waals surface area contributed by atoms with Crippen molar-refractivity contribution in [2.45, 2.75) is 13.0 Å². The largest absolute Gasteiger partial charge is 0.495 e. The molecule has 0 bridgehead atoms. The molecule has 4 heteroatoms. The fourth-order valence-corrected chi connectivity index (χ4v) is 2.68. The van der Waals surface area contributed by atoms with Gasteiger partial charge in [-0.05, 0) is 19.1 Å². The maximum Gasteiger partial charge on any atom is 0.142 e. The average molecular weight is 263 g/mol. The van der Waals surface area contributed by atoms with Gasteiger partial charge in [0.25, 0.3) is 0 Å². The molecule has 0 aromatic heterocycles. The van der Waals surface area contributed by atoms with Gasteiger partial charge in [0.2, 0.25) is 0 Å². The van der Waals surface area contributed by atoms with Gasteiger partial charge in [0, 0.05) is 45.8 Å². The number of anilines is 1. The number of nitrogens with zero attached hydrogens (tertiary/aromatic N) is 2. The van der Waals surface area contributed by atoms with Gasteiger partial charge in [-0.15, -0.1) is 0 Å². The van der Waals surface area contributed by atoms with E-state index in [0.717, 1.165) is 44.2 Å². The number of piperazine rings is 1. The fraction of sp³-hybridized carbons (Fsp3) is 0.600. The molecular formula is C15H25N3O. The highest BCUT2D eigenvalue weighted by Gasteiger charge is 2.18. The lowest BCUT2D eigenvalue weighted by atomic mass is 10.2. The maximum absolute atomic E-state index is 5.43. The first-order chi connectivity index (χ1) is 9.22. The number of benzene rings is 1. The van der Waals surface area contributed by atoms with Crippen molar-refractivity contribution in [2.24, 2.45) is 0 Å². The number of para-hydroxylation sites is 2. The summed E-state index contributed by atoms with van der Waals surface area (Å²) < 4.78 is 5.43. The van der Waals surface area contributed by atoms with Crippen molar-refractivity contribution < 1.29 is 4.74 Å². The third-order valence-electron chi connectivity index (χ3n) is 3.81. The zero-order valence-electron chi connectivity index (χ0n) is 12.2. The van der Waals surface area contributed by atoms with E-state index in [9.17, 15) is 0 Å². The van der Waals surface area contributed by atoms with E-state index in [-0.39, 0.29) is 0 Å². The monoisotopic (exact) mass is 263 g/mol. The number of rotatable bonds is 5. The topological polar surface area (TPSA) is 27.7 Å². The Balaban J connectivity index is 1.97. The lowest BCUT2D eigenvalue weighted by Gasteiger charge is -2.35. The van der Waals surface area contributed by atoms with Crippen LogP contribution >= 0.6 is 0 Å². The summed E-state index contributed by atoms with van der Waals surface area (Å²) >= 11 is 0. The van der Waals surface area contributed by atoms with Gasteiger partial charge in [0.15, 0.2) is 0 Å². The van der Waals surface area contributed by atoms with Crippen molar-refractivity contribution in [3.05, 3.63) is 24.3 Å². The second-order valence-electron chi connectivity index (χ2n) is 5.19. The molecule has 1 fully saturated rings. The number of hydrogen-bond acceptors (Lipinski definition) is 4. The molecule has 0 saturated carbocycles. The minimum Gasteiger partial charge on any atom is -0.495 e. The first-order valence-electron chi connectivity index (χ1n) is 7.01. The molecule has 19 heavy (non-hydrogen) atoms. The fourth-order valence-electron chi connectivity index (χ4n) is 2.68. The third-order valence-corrected chi connectivity index (χ3v) is 3.81. The van der Waals surface area contributed by atoms with Crippen LogP contribution in [-0.2, 0) is 0 Å². The molecule has 1 aromatic rings. The molecule has 2 rings (SSSR count). The molecular weight excluding hydrogens is 238 g/mol. The predicted molar refractivity (Wildman–Crippen MR) is 80.2 cm³/mol. The second kappa shape index (κ2) is 6.78. The van der Waals surface area contributed by atoms with Crippen molar-refractivity contribution in [1.29, 1.82) is 0 Å². The number of likely N-dealkylation sites (N-methyl/N-ethyl adjacent to an activating group) is 1. The van der Waals surface area contributed by atoms with Gasteiger partial charge < -0.3 is 15.0 Å². The highest BCUT2D eigenvalue weighted by Crippen LogP contribution is 2.26. The molecule has 1 aromatic carbocycles. The Bertz CT molecular complexity index is 391. The van der Waals surface area contributed by atoms with Gasteiger partial charge in [0.05, 0.1) is 12.8 Å². The molecule has 1 unspecified atom stereocenters. The minimum atomic E-state index is 0.553. The normalized spacial score (nSPS) is 18.1. The van der Waals surface area contributed by atoms with Gasteiger partial charge in [-0.25, -0.2) is 0 Å². The summed E-state index contributed by atoms with van der Waals surface area (Å²) in [6.45, 7) is 7.80. The number of hydrogen-bond donors (Lipinski definition) is 1. The van der Waals surface area contributed by atoms with Crippen LogP contribution < -0.4 is 15.0 Å². The van der Waals surface area contributed by atoms with E-state index < -0.39 is 0 Å². The lowest BCUT2D eigenvalue weighted by molar-refractivity contribution is 0.187. The van der Waals surface area contributed by atoms with Crippen molar-refractivity contribution in [3.8, 4) is 5.75 Å². The van der Waals surface area contributed by atoms with Crippen LogP contribution in [0.5, 0.6) is 5.75 Å². The lowest BCUT2D eigenvalue weighted by Crippen LogP contribution is -2.50. The number of ether oxygens (including phenoxy) is 1. The van der Waals surface area contributed by atoms with Crippen LogP contribution in [0.3, 0.4) is 0 Å². The summed E-state index contributed by atoms with van der Waals surface area (Å²) in [6, 6.07) is 8.75. The van der Waals surface area contributed by atoms with E-state index in [1.165, 1.54) is 0 Å². The smallest absolute Gasteiger partial charge is 0.142 e. The van der Waals surface area contributed by atoms with Crippen molar-refractivity contribution >= 4 is 5.69 Å². The van der Waals surface area contributed by atoms with Crippen LogP contribution in [0.4, 0.5) is 5.69 Å². The molecule has 1 saturated heterocycles. The highest BCUT2D eigenvalue weighted by molar-refractivity contribution is 5.57. The van der Waals surface area contributed by atoms with Gasteiger partial charge in [0.1, 0.15) is 5.75 Å². The Morgan fingerprint density at radius 3 is 2.68 bits per heavy atom. The van der Waals surface area contributed by atoms with E-state index in [0.29, 0.717) is 6.04 Å². The van der Waals surface area contributed by atoms with E-state index in [1.807, 2.05) is 12.1 Å². The molecule has 106 valence electrons. The first-order valence-corrected chi connectivity index (χ1v) is 7.01. The summed E-state index contributed by atoms with van der Waals surface area (Å²) in [5, 5.41) is 3.40. The van der Waals surface area contributed by atoms with Crippen LogP contribution in [0.25, 0.3) is 0 Å². The first kappa shape index (κ1) is 14.2. The highest BCUT2D eigenvalue weighted by atomic mass is 16.5. The SMILES string of the molecule is COc1ccccc1N(C)CC(C)N1CCNCC1. The summed E-state index contributed by atoms with van der Waals surface area (Å²) in [4.78, 5) is 4.83. The molecule has 1 atom stereocenters. The number of nitrogens with one attached hydrogen (secondary N) is 1. The van der Waals surface area contributed by atoms with Gasteiger partial charge >= 0.3 is 0 Å². The standard InChI is InChI=1S/C15H25N3O/c1-13(18-10-8-16-9-11-18)12-17(2)14-6-4-5-7-15(14)19-3/h4-7,13,16H,8-12H2,1-3H3. The minimum absolute atomic E-state index is 0.553. The molecule has 1 N–H and O–H groups in total. The summed E-state index contributed by atoms with van der Waals surface area (Å²) in [6.07, 6.45) is 0. The summed E-state index contributed by atoms with van der Waals surface area (Å²) in [7, 11) is 3.86.